The van der Waals surface area contributed by atoms with Crippen molar-refractivity contribution in [2.24, 2.45) is 0 Å². The Morgan fingerprint density at radius 1 is 0.962 bits per heavy atom. The molecule has 2 aromatic heterocycles. The first-order chi connectivity index (χ1) is 12.6. The van der Waals surface area contributed by atoms with Gasteiger partial charge in [0.2, 0.25) is 0 Å². The van der Waals surface area contributed by atoms with Gasteiger partial charge in [-0.25, -0.2) is 9.97 Å². The molecule has 0 atom stereocenters. The van der Waals surface area contributed by atoms with E-state index in [0.29, 0.717) is 5.69 Å². The predicted molar refractivity (Wildman–Crippen MR) is 104 cm³/mol. The van der Waals surface area contributed by atoms with E-state index < -0.39 is 5.91 Å². The monoisotopic (exact) mass is 382 g/mol. The molecule has 5 nitrogen and oxygen atoms in total. The molecule has 26 heavy (non-hydrogen) atoms. The van der Waals surface area contributed by atoms with Crippen molar-refractivity contribution in [1.82, 2.24) is 15.0 Å². The largest absolute Gasteiger partial charge is 0.338 e. The van der Waals surface area contributed by atoms with Crippen LogP contribution in [-0.2, 0) is 0 Å². The SMILES string of the molecule is O=C(Nc1cccc(-c2nc3ccccc3[nH]2)c1)c1nc(Cl)ccc1Cl. The third kappa shape index (κ3) is 3.27. The number of anilines is 1. The molecule has 4 aromatic rings. The van der Waals surface area contributed by atoms with Crippen LogP contribution in [0.4, 0.5) is 5.69 Å². The maximum Gasteiger partial charge on any atom is 0.275 e. The van der Waals surface area contributed by atoms with Crippen molar-refractivity contribution in [3.05, 3.63) is 76.5 Å². The average molecular weight is 383 g/mol. The Bertz CT molecular complexity index is 1090. The van der Waals surface area contributed by atoms with Gasteiger partial charge < -0.3 is 10.3 Å². The van der Waals surface area contributed by atoms with Crippen LogP contribution in [0.2, 0.25) is 10.2 Å². The van der Waals surface area contributed by atoms with Gasteiger partial charge in [0.15, 0.2) is 0 Å². The van der Waals surface area contributed by atoms with Gasteiger partial charge >= 0.3 is 0 Å². The molecule has 2 heterocycles. The lowest BCUT2D eigenvalue weighted by Gasteiger charge is -2.07. The summed E-state index contributed by atoms with van der Waals surface area (Å²) in [5.41, 5.74) is 3.36. The summed E-state index contributed by atoms with van der Waals surface area (Å²) in [7, 11) is 0. The number of carbonyl (C=O) groups is 1. The average Bonchev–Trinajstić information content (AvgIpc) is 3.08. The van der Waals surface area contributed by atoms with Crippen LogP contribution in [0.5, 0.6) is 0 Å². The predicted octanol–water partition coefficient (Wildman–Crippen LogP) is 5.18. The number of para-hydroxylation sites is 2. The van der Waals surface area contributed by atoms with E-state index >= 15 is 0 Å². The number of amides is 1. The lowest BCUT2D eigenvalue weighted by molar-refractivity contribution is 0.102. The van der Waals surface area contributed by atoms with Crippen molar-refractivity contribution in [1.29, 1.82) is 0 Å². The second kappa shape index (κ2) is 6.78. The van der Waals surface area contributed by atoms with Crippen LogP contribution < -0.4 is 5.32 Å². The number of hydrogen-bond acceptors (Lipinski definition) is 3. The number of aromatic amines is 1. The Morgan fingerprint density at radius 2 is 1.81 bits per heavy atom. The standard InChI is InChI=1S/C19H12Cl2N4O/c20-13-8-9-16(21)25-17(13)19(26)22-12-5-3-4-11(10-12)18-23-14-6-1-2-7-15(14)24-18/h1-10H,(H,22,26)(H,23,24). The van der Waals surface area contributed by atoms with Crippen LogP contribution in [0.1, 0.15) is 10.5 Å². The lowest BCUT2D eigenvalue weighted by atomic mass is 10.2. The van der Waals surface area contributed by atoms with Gasteiger partial charge in [0.1, 0.15) is 16.7 Å². The maximum atomic E-state index is 12.4. The number of benzene rings is 2. The molecule has 0 aliphatic rings. The summed E-state index contributed by atoms with van der Waals surface area (Å²) in [5, 5.41) is 3.22. The molecular weight excluding hydrogens is 371 g/mol. The summed E-state index contributed by atoms with van der Waals surface area (Å²) in [6, 6.07) is 18.2. The number of aromatic nitrogens is 3. The third-order valence-electron chi connectivity index (χ3n) is 3.81. The summed E-state index contributed by atoms with van der Waals surface area (Å²) in [4.78, 5) is 24.3. The van der Waals surface area contributed by atoms with Crippen molar-refractivity contribution in [3.63, 3.8) is 0 Å². The van der Waals surface area contributed by atoms with E-state index in [9.17, 15) is 4.79 Å². The topological polar surface area (TPSA) is 70.7 Å². The van der Waals surface area contributed by atoms with Gasteiger partial charge in [0.05, 0.1) is 16.1 Å². The van der Waals surface area contributed by atoms with Crippen molar-refractivity contribution in [3.8, 4) is 11.4 Å². The number of nitrogens with zero attached hydrogens (tertiary/aromatic N) is 2. The summed E-state index contributed by atoms with van der Waals surface area (Å²) in [6.45, 7) is 0. The van der Waals surface area contributed by atoms with Crippen LogP contribution in [0.15, 0.2) is 60.7 Å². The van der Waals surface area contributed by atoms with Crippen LogP contribution in [-0.4, -0.2) is 20.9 Å². The molecule has 2 aromatic carbocycles. The van der Waals surface area contributed by atoms with Gasteiger partial charge in [-0.3, -0.25) is 4.79 Å². The number of halogens is 2. The first-order valence-electron chi connectivity index (χ1n) is 7.79. The molecule has 0 bridgehead atoms. The molecule has 0 aliphatic carbocycles. The second-order valence-corrected chi connectivity index (χ2v) is 6.40. The van der Waals surface area contributed by atoms with Crippen LogP contribution in [0.25, 0.3) is 22.4 Å². The van der Waals surface area contributed by atoms with Gasteiger partial charge in [0, 0.05) is 11.3 Å². The highest BCUT2D eigenvalue weighted by Crippen LogP contribution is 2.24. The highest BCUT2D eigenvalue weighted by Gasteiger charge is 2.14. The molecule has 0 fully saturated rings. The fourth-order valence-corrected chi connectivity index (χ4v) is 2.94. The smallest absolute Gasteiger partial charge is 0.275 e. The van der Waals surface area contributed by atoms with E-state index in [1.807, 2.05) is 42.5 Å². The zero-order valence-corrected chi connectivity index (χ0v) is 14.8. The van der Waals surface area contributed by atoms with Gasteiger partial charge in [-0.15, -0.1) is 0 Å². The zero-order chi connectivity index (χ0) is 18.1. The number of H-pyrrole nitrogens is 1. The van der Waals surface area contributed by atoms with Crippen molar-refractivity contribution < 1.29 is 4.79 Å². The van der Waals surface area contributed by atoms with Gasteiger partial charge in [0.25, 0.3) is 5.91 Å². The first-order valence-corrected chi connectivity index (χ1v) is 8.54. The maximum absolute atomic E-state index is 12.4. The molecule has 0 saturated heterocycles. The van der Waals surface area contributed by atoms with Crippen molar-refractivity contribution >= 4 is 45.8 Å². The van der Waals surface area contributed by atoms with E-state index in [1.54, 1.807) is 6.07 Å². The molecule has 128 valence electrons. The number of carbonyl (C=O) groups excluding carboxylic acids is 1. The van der Waals surface area contributed by atoms with Crippen LogP contribution >= 0.6 is 23.2 Å². The van der Waals surface area contributed by atoms with Gasteiger partial charge in [-0.1, -0.05) is 47.5 Å². The molecule has 0 unspecified atom stereocenters. The Balaban J connectivity index is 1.63. The summed E-state index contributed by atoms with van der Waals surface area (Å²) in [5.74, 6) is 0.292. The van der Waals surface area contributed by atoms with E-state index in [-0.39, 0.29) is 15.9 Å². The summed E-state index contributed by atoms with van der Waals surface area (Å²) < 4.78 is 0. The Hall–Kier alpha value is -2.89. The molecular formula is C19H12Cl2N4O. The number of imidazole rings is 1. The third-order valence-corrected chi connectivity index (χ3v) is 4.33. The Morgan fingerprint density at radius 3 is 2.65 bits per heavy atom. The van der Waals surface area contributed by atoms with E-state index in [4.69, 9.17) is 23.2 Å². The molecule has 0 spiro atoms. The quantitative estimate of drug-likeness (QED) is 0.479. The van der Waals surface area contributed by atoms with Crippen LogP contribution in [0.3, 0.4) is 0 Å². The number of pyridine rings is 1. The number of nitrogens with one attached hydrogen (secondary N) is 2. The number of rotatable bonds is 3. The summed E-state index contributed by atoms with van der Waals surface area (Å²) >= 11 is 11.9. The molecule has 7 heteroatoms. The minimum atomic E-state index is -0.431. The fraction of sp³-hybridized carbons (Fsp3) is 0. The molecule has 0 saturated carbocycles. The zero-order valence-electron chi connectivity index (χ0n) is 13.3. The fourth-order valence-electron chi connectivity index (χ4n) is 2.60. The number of hydrogen-bond donors (Lipinski definition) is 2. The van der Waals surface area contributed by atoms with E-state index in [2.05, 4.69) is 20.3 Å². The highest BCUT2D eigenvalue weighted by atomic mass is 35.5. The minimum Gasteiger partial charge on any atom is -0.338 e. The van der Waals surface area contributed by atoms with Crippen LogP contribution in [0, 0.1) is 0 Å². The van der Waals surface area contributed by atoms with Crippen molar-refractivity contribution in [2.45, 2.75) is 0 Å². The molecule has 4 rings (SSSR count). The minimum absolute atomic E-state index is 0.0771. The van der Waals surface area contributed by atoms with Gasteiger partial charge in [-0.2, -0.15) is 0 Å². The molecule has 0 radical (unpaired) electrons. The number of fused-ring (bicyclic) bond motifs is 1. The Kier molecular flexibility index (Phi) is 4.32. The lowest BCUT2D eigenvalue weighted by Crippen LogP contribution is -2.14. The van der Waals surface area contributed by atoms with E-state index in [0.717, 1.165) is 22.4 Å². The van der Waals surface area contributed by atoms with Gasteiger partial charge in [-0.05, 0) is 36.4 Å². The second-order valence-electron chi connectivity index (χ2n) is 5.60. The molecule has 1 amide bonds. The highest BCUT2D eigenvalue weighted by molar-refractivity contribution is 6.35. The summed E-state index contributed by atoms with van der Waals surface area (Å²) in [6.07, 6.45) is 0. The molecule has 2 N–H and O–H groups in total. The molecule has 0 aliphatic heterocycles. The Labute approximate surface area is 159 Å². The first kappa shape index (κ1) is 16.6. The van der Waals surface area contributed by atoms with Crippen molar-refractivity contribution in [2.75, 3.05) is 5.32 Å². The van der Waals surface area contributed by atoms with E-state index in [1.165, 1.54) is 12.1 Å². The normalized spacial score (nSPS) is 10.8.